The van der Waals surface area contributed by atoms with E-state index < -0.39 is 8.07 Å². The van der Waals surface area contributed by atoms with E-state index in [1.54, 1.807) is 24.3 Å². The van der Waals surface area contributed by atoms with Crippen LogP contribution >= 0.6 is 0 Å². The fraction of sp³-hybridized carbons (Fsp3) is 0.125. The Balaban J connectivity index is 2.01. The summed E-state index contributed by atoms with van der Waals surface area (Å²) in [5.41, 5.74) is 5.43. The first-order valence-electron chi connectivity index (χ1n) is 12.2. The second-order valence-corrected chi connectivity index (χ2v) is 13.6. The van der Waals surface area contributed by atoms with Crippen molar-refractivity contribution in [2.45, 2.75) is 25.9 Å². The van der Waals surface area contributed by atoms with Gasteiger partial charge in [0.15, 0.2) is 0 Å². The third-order valence-corrected chi connectivity index (χ3v) is 12.7. The van der Waals surface area contributed by atoms with Crippen molar-refractivity contribution in [1.82, 2.24) is 0 Å². The van der Waals surface area contributed by atoms with Gasteiger partial charge >= 0.3 is 0 Å². The van der Waals surface area contributed by atoms with Gasteiger partial charge in [0.2, 0.25) is 0 Å². The Bertz CT molecular complexity index is 1310. The molecule has 0 spiro atoms. The van der Waals surface area contributed by atoms with Crippen molar-refractivity contribution in [3.05, 3.63) is 143 Å². The highest BCUT2D eigenvalue weighted by Gasteiger charge is 2.49. The van der Waals surface area contributed by atoms with Crippen molar-refractivity contribution < 1.29 is 8.78 Å². The average molecular weight is 479 g/mol. The van der Waals surface area contributed by atoms with Crippen LogP contribution in [-0.4, -0.2) is 8.07 Å². The molecule has 0 radical (unpaired) electrons. The highest BCUT2D eigenvalue weighted by atomic mass is 28.3. The average Bonchev–Trinajstić information content (AvgIpc) is 3.21. The van der Waals surface area contributed by atoms with Gasteiger partial charge in [-0.15, -0.1) is 0 Å². The van der Waals surface area contributed by atoms with Crippen LogP contribution in [0.2, 0.25) is 12.1 Å². The van der Waals surface area contributed by atoms with E-state index in [2.05, 4.69) is 38.1 Å². The maximum Gasteiger partial charge on any atom is 0.130 e. The van der Waals surface area contributed by atoms with E-state index in [0.29, 0.717) is 11.1 Å². The van der Waals surface area contributed by atoms with Gasteiger partial charge in [-0.05, 0) is 44.8 Å². The zero-order chi connectivity index (χ0) is 24.4. The van der Waals surface area contributed by atoms with Crippen LogP contribution in [0.5, 0.6) is 0 Å². The summed E-state index contributed by atoms with van der Waals surface area (Å²) in [7, 11) is -2.60. The highest BCUT2D eigenvalue weighted by molar-refractivity contribution is 7.14. The summed E-state index contributed by atoms with van der Waals surface area (Å²) in [6, 6.07) is 36.3. The highest BCUT2D eigenvalue weighted by Crippen LogP contribution is 2.58. The van der Waals surface area contributed by atoms with Crippen molar-refractivity contribution in [3.63, 3.8) is 0 Å². The Morgan fingerprint density at radius 3 is 1.17 bits per heavy atom. The van der Waals surface area contributed by atoms with Gasteiger partial charge in [-0.1, -0.05) is 123 Å². The molecule has 35 heavy (non-hydrogen) atoms. The summed E-state index contributed by atoms with van der Waals surface area (Å²) in [6.07, 6.45) is 0. The van der Waals surface area contributed by atoms with Gasteiger partial charge in [0.1, 0.15) is 19.7 Å². The first-order valence-corrected chi connectivity index (χ1v) is 14.6. The molecular formula is C32H28F2Si. The predicted octanol–water partition coefficient (Wildman–Crippen LogP) is 9.07. The molecule has 0 nitrogen and oxygen atoms in total. The molecule has 1 aliphatic rings. The van der Waals surface area contributed by atoms with Gasteiger partial charge in [0, 0.05) is 11.1 Å². The van der Waals surface area contributed by atoms with Crippen molar-refractivity contribution in [2.24, 2.45) is 0 Å². The van der Waals surface area contributed by atoms with Crippen LogP contribution < -0.4 is 0 Å². The molecular weight excluding hydrogens is 450 g/mol. The van der Waals surface area contributed by atoms with Crippen LogP contribution in [0.1, 0.15) is 36.1 Å². The largest absolute Gasteiger partial charge is 0.206 e. The maximum atomic E-state index is 15.6. The quantitative estimate of drug-likeness (QED) is 0.242. The van der Waals surface area contributed by atoms with Gasteiger partial charge in [-0.3, -0.25) is 0 Å². The van der Waals surface area contributed by atoms with Gasteiger partial charge in [-0.25, -0.2) is 8.78 Å². The molecule has 0 unspecified atom stereocenters. The Hall–Kier alpha value is -3.56. The van der Waals surface area contributed by atoms with Crippen LogP contribution in [0.15, 0.2) is 109 Å². The van der Waals surface area contributed by atoms with E-state index in [4.69, 9.17) is 0 Å². The van der Waals surface area contributed by atoms with E-state index >= 15 is 8.78 Å². The Morgan fingerprint density at radius 1 is 0.486 bits per heavy atom. The lowest BCUT2D eigenvalue weighted by molar-refractivity contribution is 0.624. The summed E-state index contributed by atoms with van der Waals surface area (Å²) < 4.78 is 31.2. The standard InChI is InChI=1S/C32H28F2Si/c1-3-35(4-2)31(25-19-11-13-21-27(25)33)29(23-15-7-5-8-16-23)30(24-17-9-6-10-18-24)32(35)26-20-12-14-22-28(26)34/h5-22H,3-4H2,1-2H3. The van der Waals surface area contributed by atoms with Crippen LogP contribution in [0.3, 0.4) is 0 Å². The Labute approximate surface area is 207 Å². The van der Waals surface area contributed by atoms with Gasteiger partial charge in [0.25, 0.3) is 0 Å². The molecule has 5 rings (SSSR count). The Morgan fingerprint density at radius 2 is 0.829 bits per heavy atom. The smallest absolute Gasteiger partial charge is 0.130 e. The molecule has 3 heteroatoms. The predicted molar refractivity (Wildman–Crippen MR) is 146 cm³/mol. The molecule has 0 N–H and O–H groups in total. The summed E-state index contributed by atoms with van der Waals surface area (Å²) >= 11 is 0. The molecule has 0 saturated carbocycles. The fourth-order valence-electron chi connectivity index (χ4n) is 5.71. The first kappa shape index (κ1) is 23.2. The fourth-order valence-corrected chi connectivity index (χ4v) is 10.8. The van der Waals surface area contributed by atoms with Gasteiger partial charge < -0.3 is 0 Å². The number of halogens is 2. The number of hydrogen-bond donors (Lipinski definition) is 0. The lowest BCUT2D eigenvalue weighted by Crippen LogP contribution is -2.35. The molecule has 0 atom stereocenters. The normalized spacial score (nSPS) is 15.1. The van der Waals surface area contributed by atoms with Crippen LogP contribution in [0.4, 0.5) is 8.78 Å². The first-order chi connectivity index (χ1) is 17.1. The minimum Gasteiger partial charge on any atom is -0.206 e. The molecule has 4 aromatic rings. The van der Waals surface area contributed by atoms with E-state index in [9.17, 15) is 0 Å². The van der Waals surface area contributed by atoms with Crippen molar-refractivity contribution >= 4 is 29.6 Å². The molecule has 0 bridgehead atoms. The summed E-state index contributed by atoms with van der Waals surface area (Å²) in [4.78, 5) is 0. The Kier molecular flexibility index (Phi) is 6.36. The van der Waals surface area contributed by atoms with Crippen LogP contribution in [0.25, 0.3) is 21.5 Å². The summed E-state index contributed by atoms with van der Waals surface area (Å²) in [5, 5.41) is 2.15. The monoisotopic (exact) mass is 478 g/mol. The van der Waals surface area contributed by atoms with E-state index in [1.807, 2.05) is 60.7 Å². The zero-order valence-corrected chi connectivity index (χ0v) is 21.1. The van der Waals surface area contributed by atoms with E-state index in [-0.39, 0.29) is 11.6 Å². The van der Waals surface area contributed by atoms with Crippen LogP contribution in [-0.2, 0) is 0 Å². The molecule has 174 valence electrons. The van der Waals surface area contributed by atoms with Crippen molar-refractivity contribution in [3.8, 4) is 0 Å². The van der Waals surface area contributed by atoms with Gasteiger partial charge in [-0.2, -0.15) is 0 Å². The molecule has 0 aromatic heterocycles. The third kappa shape index (κ3) is 3.80. The lowest BCUT2D eigenvalue weighted by atomic mass is 9.89. The molecule has 4 aromatic carbocycles. The zero-order valence-electron chi connectivity index (χ0n) is 20.1. The third-order valence-electron chi connectivity index (χ3n) is 7.33. The van der Waals surface area contributed by atoms with Gasteiger partial charge in [0.05, 0.1) is 0 Å². The van der Waals surface area contributed by atoms with Crippen LogP contribution in [0, 0.1) is 11.6 Å². The lowest BCUT2D eigenvalue weighted by Gasteiger charge is -2.33. The van der Waals surface area contributed by atoms with E-state index in [0.717, 1.165) is 44.8 Å². The SMILES string of the molecule is CC[Si]1(CC)C(c2ccccc2F)=C(c2ccccc2)C(c2ccccc2)=C1c1ccccc1F. The molecule has 0 fully saturated rings. The molecule has 1 heterocycles. The number of allylic oxidation sites excluding steroid dienone is 2. The molecule has 1 aliphatic heterocycles. The summed E-state index contributed by atoms with van der Waals surface area (Å²) in [6.45, 7) is 4.38. The molecule has 0 saturated heterocycles. The van der Waals surface area contributed by atoms with Crippen molar-refractivity contribution in [2.75, 3.05) is 0 Å². The minimum absolute atomic E-state index is 0.225. The summed E-state index contributed by atoms with van der Waals surface area (Å²) in [5.74, 6) is -0.450. The van der Waals surface area contributed by atoms with Crippen molar-refractivity contribution in [1.29, 1.82) is 0 Å². The number of benzene rings is 4. The molecule has 0 amide bonds. The minimum atomic E-state index is -2.60. The topological polar surface area (TPSA) is 0 Å². The second kappa shape index (κ2) is 9.59. The van der Waals surface area contributed by atoms with E-state index in [1.165, 1.54) is 0 Å². The number of rotatable bonds is 6. The number of hydrogen-bond acceptors (Lipinski definition) is 0. The second-order valence-electron chi connectivity index (χ2n) is 8.98. The molecule has 0 aliphatic carbocycles. The maximum absolute atomic E-state index is 15.6.